The number of hydrazone groups is 1. The Morgan fingerprint density at radius 3 is 2.74 bits per heavy atom. The summed E-state index contributed by atoms with van der Waals surface area (Å²) in [5.74, 6) is -0.640. The zero-order valence-corrected chi connectivity index (χ0v) is 16.2. The van der Waals surface area contributed by atoms with E-state index in [2.05, 4.69) is 15.5 Å². The van der Waals surface area contributed by atoms with Crippen LogP contribution in [-0.2, 0) is 21.3 Å². The Balaban J connectivity index is 1.58. The number of furan rings is 1. The van der Waals surface area contributed by atoms with E-state index in [0.717, 1.165) is 16.9 Å². The average molecular weight is 424 g/mol. The van der Waals surface area contributed by atoms with Crippen LogP contribution in [0.25, 0.3) is 0 Å². The molecule has 3 rings (SSSR count). The van der Waals surface area contributed by atoms with E-state index in [-0.39, 0.29) is 17.2 Å². The van der Waals surface area contributed by atoms with Crippen LogP contribution in [0.15, 0.2) is 57.6 Å². The van der Waals surface area contributed by atoms with Crippen molar-refractivity contribution >= 4 is 44.9 Å². The highest BCUT2D eigenvalue weighted by Crippen LogP contribution is 2.16. The number of hydrogen-bond acceptors (Lipinski definition) is 7. The standard InChI is InChI=1S/C17H14ClN3O4S2/c18-13-5-3-12(4-6-13)8-19-21-17(22)15-9-26-16(20-15)11-27(23,24)10-14-2-1-7-25-14/h1-9H,10-11H2,(H,21,22)/b19-8+. The van der Waals surface area contributed by atoms with E-state index in [1.54, 1.807) is 36.4 Å². The SMILES string of the molecule is O=C(N/N=C/c1ccc(Cl)cc1)c1csc(CS(=O)(=O)Cc2ccco2)n1. The summed E-state index contributed by atoms with van der Waals surface area (Å²) in [6.07, 6.45) is 2.89. The molecule has 0 unspecified atom stereocenters. The third kappa shape index (κ3) is 5.75. The molecule has 0 radical (unpaired) electrons. The first-order chi connectivity index (χ1) is 12.9. The van der Waals surface area contributed by atoms with E-state index >= 15 is 0 Å². The van der Waals surface area contributed by atoms with Crippen molar-refractivity contribution in [2.24, 2.45) is 5.10 Å². The Morgan fingerprint density at radius 1 is 1.26 bits per heavy atom. The molecule has 0 aliphatic carbocycles. The van der Waals surface area contributed by atoms with Crippen molar-refractivity contribution in [2.45, 2.75) is 11.5 Å². The second-order valence-electron chi connectivity index (χ2n) is 5.49. The van der Waals surface area contributed by atoms with Gasteiger partial charge in [0.25, 0.3) is 5.91 Å². The fraction of sp³-hybridized carbons (Fsp3) is 0.118. The Kier molecular flexibility index (Phi) is 6.04. The molecular formula is C17H14ClN3O4S2. The smallest absolute Gasteiger partial charge is 0.290 e. The second kappa shape index (κ2) is 8.47. The number of benzene rings is 1. The van der Waals surface area contributed by atoms with Gasteiger partial charge in [0.05, 0.1) is 12.5 Å². The molecule has 0 fully saturated rings. The molecule has 2 heterocycles. The second-order valence-corrected chi connectivity index (χ2v) is 8.93. The summed E-state index contributed by atoms with van der Waals surface area (Å²) in [6.45, 7) is 0. The Hall–Kier alpha value is -2.49. The molecule has 0 saturated carbocycles. The van der Waals surface area contributed by atoms with E-state index < -0.39 is 15.7 Å². The van der Waals surface area contributed by atoms with Gasteiger partial charge >= 0.3 is 0 Å². The number of aromatic nitrogens is 1. The van der Waals surface area contributed by atoms with Crippen LogP contribution in [0.1, 0.15) is 26.8 Å². The molecule has 0 atom stereocenters. The number of nitrogens with one attached hydrogen (secondary N) is 1. The largest absolute Gasteiger partial charge is 0.468 e. The fourth-order valence-corrected chi connectivity index (χ4v) is 4.74. The maximum absolute atomic E-state index is 12.2. The number of halogens is 1. The Labute approximate surface area is 164 Å². The average Bonchev–Trinajstić information content (AvgIpc) is 3.28. The van der Waals surface area contributed by atoms with Gasteiger partial charge in [0.1, 0.15) is 28.0 Å². The molecule has 3 aromatic rings. The molecule has 7 nitrogen and oxygen atoms in total. The number of thiazole rings is 1. The molecule has 1 amide bonds. The van der Waals surface area contributed by atoms with Gasteiger partial charge in [-0.25, -0.2) is 18.8 Å². The van der Waals surface area contributed by atoms with Gasteiger partial charge in [0.2, 0.25) is 0 Å². The van der Waals surface area contributed by atoms with Crippen molar-refractivity contribution in [3.63, 3.8) is 0 Å². The highest BCUT2D eigenvalue weighted by atomic mass is 35.5. The Bertz CT molecular complexity index is 1040. The minimum Gasteiger partial charge on any atom is -0.468 e. The molecular weight excluding hydrogens is 410 g/mol. The summed E-state index contributed by atoms with van der Waals surface area (Å²) in [5.41, 5.74) is 3.23. The number of amides is 1. The van der Waals surface area contributed by atoms with Crippen LogP contribution in [-0.4, -0.2) is 25.5 Å². The van der Waals surface area contributed by atoms with Crippen LogP contribution in [0.5, 0.6) is 0 Å². The quantitative estimate of drug-likeness (QED) is 0.464. The van der Waals surface area contributed by atoms with Crippen LogP contribution in [0.4, 0.5) is 0 Å². The van der Waals surface area contributed by atoms with Gasteiger partial charge in [0, 0.05) is 10.4 Å². The molecule has 1 N–H and O–H groups in total. The third-order valence-corrected chi connectivity index (χ3v) is 6.04. The van der Waals surface area contributed by atoms with Crippen LogP contribution in [0.3, 0.4) is 0 Å². The summed E-state index contributed by atoms with van der Waals surface area (Å²) in [5, 5.41) is 6.27. The van der Waals surface area contributed by atoms with Crippen molar-refractivity contribution < 1.29 is 17.6 Å². The van der Waals surface area contributed by atoms with Crippen LogP contribution >= 0.6 is 22.9 Å². The molecule has 10 heteroatoms. The number of sulfone groups is 1. The van der Waals surface area contributed by atoms with Gasteiger partial charge < -0.3 is 4.42 Å². The molecule has 27 heavy (non-hydrogen) atoms. The van der Waals surface area contributed by atoms with Gasteiger partial charge in [0.15, 0.2) is 9.84 Å². The minimum atomic E-state index is -3.44. The highest BCUT2D eigenvalue weighted by molar-refractivity contribution is 7.89. The van der Waals surface area contributed by atoms with Crippen molar-refractivity contribution in [1.82, 2.24) is 10.4 Å². The summed E-state index contributed by atoms with van der Waals surface area (Å²) in [6, 6.07) is 10.1. The normalized spacial score (nSPS) is 11.7. The van der Waals surface area contributed by atoms with Crippen molar-refractivity contribution in [3.05, 3.63) is 75.1 Å². The molecule has 0 spiro atoms. The zero-order valence-electron chi connectivity index (χ0n) is 13.8. The lowest BCUT2D eigenvalue weighted by atomic mass is 10.2. The molecule has 0 saturated heterocycles. The number of carbonyl (C=O) groups is 1. The first-order valence-electron chi connectivity index (χ1n) is 7.67. The summed E-state index contributed by atoms with van der Waals surface area (Å²) >= 11 is 6.89. The number of carbonyl (C=O) groups excluding carboxylic acids is 1. The number of rotatable bonds is 7. The predicted molar refractivity (Wildman–Crippen MR) is 104 cm³/mol. The van der Waals surface area contributed by atoms with E-state index in [9.17, 15) is 13.2 Å². The third-order valence-electron chi connectivity index (χ3n) is 3.32. The lowest BCUT2D eigenvalue weighted by Crippen LogP contribution is -2.18. The predicted octanol–water partition coefficient (Wildman–Crippen LogP) is 3.27. The molecule has 0 bridgehead atoms. The van der Waals surface area contributed by atoms with Crippen molar-refractivity contribution in [2.75, 3.05) is 0 Å². The maximum Gasteiger partial charge on any atom is 0.290 e. The topological polar surface area (TPSA) is 102 Å². The number of nitrogens with zero attached hydrogens (tertiary/aromatic N) is 2. The van der Waals surface area contributed by atoms with Gasteiger partial charge in [-0.05, 0) is 29.8 Å². The monoisotopic (exact) mass is 423 g/mol. The van der Waals surface area contributed by atoms with E-state index in [0.29, 0.717) is 15.8 Å². The van der Waals surface area contributed by atoms with E-state index in [1.165, 1.54) is 17.9 Å². The Morgan fingerprint density at radius 2 is 2.04 bits per heavy atom. The van der Waals surface area contributed by atoms with Crippen LogP contribution in [0.2, 0.25) is 5.02 Å². The van der Waals surface area contributed by atoms with Crippen LogP contribution in [0, 0.1) is 0 Å². The minimum absolute atomic E-state index is 0.108. The first-order valence-corrected chi connectivity index (χ1v) is 10.8. The van der Waals surface area contributed by atoms with E-state index in [1.807, 2.05) is 0 Å². The molecule has 0 aliphatic rings. The molecule has 1 aromatic carbocycles. The van der Waals surface area contributed by atoms with Crippen molar-refractivity contribution in [3.8, 4) is 0 Å². The lowest BCUT2D eigenvalue weighted by Gasteiger charge is -1.99. The van der Waals surface area contributed by atoms with Gasteiger partial charge in [-0.1, -0.05) is 23.7 Å². The first kappa shape index (κ1) is 19.3. The summed E-state index contributed by atoms with van der Waals surface area (Å²) in [4.78, 5) is 16.1. The zero-order chi connectivity index (χ0) is 19.3. The van der Waals surface area contributed by atoms with E-state index in [4.69, 9.17) is 16.0 Å². The molecule has 0 aliphatic heterocycles. The fourth-order valence-electron chi connectivity index (χ4n) is 2.10. The maximum atomic E-state index is 12.2. The van der Waals surface area contributed by atoms with Gasteiger partial charge in [-0.3, -0.25) is 4.79 Å². The number of hydrogen-bond donors (Lipinski definition) is 1. The van der Waals surface area contributed by atoms with Gasteiger partial charge in [-0.2, -0.15) is 5.10 Å². The molecule has 2 aromatic heterocycles. The summed E-state index contributed by atoms with van der Waals surface area (Å²) < 4.78 is 29.4. The lowest BCUT2D eigenvalue weighted by molar-refractivity contribution is 0.0950. The van der Waals surface area contributed by atoms with Crippen molar-refractivity contribution in [1.29, 1.82) is 0 Å². The molecule has 140 valence electrons. The van der Waals surface area contributed by atoms with Gasteiger partial charge in [-0.15, -0.1) is 11.3 Å². The van der Waals surface area contributed by atoms with Crippen LogP contribution < -0.4 is 5.43 Å². The highest BCUT2D eigenvalue weighted by Gasteiger charge is 2.18. The summed E-state index contributed by atoms with van der Waals surface area (Å²) in [7, 11) is -3.44.